The van der Waals surface area contributed by atoms with Gasteiger partial charge in [-0.25, -0.2) is 0 Å². The molecule has 3 aliphatic rings. The summed E-state index contributed by atoms with van der Waals surface area (Å²) in [7, 11) is 0. The lowest BCUT2D eigenvalue weighted by atomic mass is 9.70. The van der Waals surface area contributed by atoms with Crippen LogP contribution in [0.15, 0.2) is 49.6 Å². The van der Waals surface area contributed by atoms with E-state index in [0.717, 1.165) is 12.8 Å². The zero-order valence-electron chi connectivity index (χ0n) is 23.1. The largest absolute Gasteiger partial charge is 0.394 e. The Morgan fingerprint density at radius 1 is 1.21 bits per heavy atom. The third-order valence-electron chi connectivity index (χ3n) is 8.44. The molecule has 6 atom stereocenters. The standard InChI is InChI=1S/C30H40ClN3O4S/c1-6-15-32(16-7-2)27(36)24-23-13-14-30(39-23)25(24)28(37)34(22(18-35)19(4)5)26(30)29(38)33(17-8-3)21-11-9-20(31)10-12-21/h6,8-12,19,22-26,35H,1,3,7,13-18H2,2,4-5H3/t22-,23-,24+,25-,26?,30?/m0/s1. The molecule has 1 N–H and O–H groups in total. The number of nitrogens with zero attached hydrogens (tertiary/aromatic N) is 3. The quantitative estimate of drug-likeness (QED) is 0.375. The lowest BCUT2D eigenvalue weighted by molar-refractivity contribution is -0.146. The number of amides is 3. The van der Waals surface area contributed by atoms with Crippen molar-refractivity contribution >= 4 is 46.8 Å². The van der Waals surface area contributed by atoms with Crippen LogP contribution in [0.5, 0.6) is 0 Å². The minimum atomic E-state index is -0.808. The van der Waals surface area contributed by atoms with Gasteiger partial charge in [-0.2, -0.15) is 0 Å². The van der Waals surface area contributed by atoms with Gasteiger partial charge in [-0.15, -0.1) is 24.9 Å². The normalized spacial score (nSPS) is 27.9. The molecule has 9 heteroatoms. The SMILES string of the molecule is C=CCN(CCC)C(=O)[C@@H]1[C@@H]2CCC3(S2)C(C(=O)N(CC=C)c2ccc(Cl)cc2)N([C@@H](CO)C(C)C)C(=O)[C@H]13. The monoisotopic (exact) mass is 573 g/mol. The molecule has 0 radical (unpaired) electrons. The minimum absolute atomic E-state index is 0.0249. The number of anilines is 1. The van der Waals surface area contributed by atoms with Gasteiger partial charge in [-0.05, 0) is 49.4 Å². The maximum atomic E-state index is 14.6. The Hall–Kier alpha value is -2.29. The third-order valence-corrected chi connectivity index (χ3v) is 10.6. The highest BCUT2D eigenvalue weighted by molar-refractivity contribution is 8.02. The average molecular weight is 574 g/mol. The van der Waals surface area contributed by atoms with Gasteiger partial charge in [0, 0.05) is 35.6 Å². The number of benzene rings is 1. The van der Waals surface area contributed by atoms with E-state index in [1.54, 1.807) is 62.9 Å². The van der Waals surface area contributed by atoms with Crippen LogP contribution in [0.1, 0.15) is 40.0 Å². The highest BCUT2D eigenvalue weighted by Crippen LogP contribution is 2.67. The van der Waals surface area contributed by atoms with E-state index in [0.29, 0.717) is 30.2 Å². The summed E-state index contributed by atoms with van der Waals surface area (Å²) >= 11 is 7.77. The van der Waals surface area contributed by atoms with Crippen molar-refractivity contribution in [3.63, 3.8) is 0 Å². The number of hydrogen-bond acceptors (Lipinski definition) is 5. The molecule has 1 spiro atoms. The van der Waals surface area contributed by atoms with E-state index >= 15 is 0 Å². The van der Waals surface area contributed by atoms with Gasteiger partial charge in [0.15, 0.2) is 0 Å². The number of carbonyl (C=O) groups is 3. The minimum Gasteiger partial charge on any atom is -0.394 e. The second-order valence-corrected chi connectivity index (χ2v) is 13.1. The Labute approximate surface area is 241 Å². The molecule has 0 saturated carbocycles. The Kier molecular flexibility index (Phi) is 9.19. The number of halogens is 1. The average Bonchev–Trinajstić information content (AvgIpc) is 3.55. The molecule has 1 aromatic carbocycles. The van der Waals surface area contributed by atoms with E-state index in [1.807, 2.05) is 20.8 Å². The van der Waals surface area contributed by atoms with Gasteiger partial charge in [-0.3, -0.25) is 14.4 Å². The fourth-order valence-electron chi connectivity index (χ4n) is 6.78. The van der Waals surface area contributed by atoms with Gasteiger partial charge in [0.2, 0.25) is 11.8 Å². The summed E-state index contributed by atoms with van der Waals surface area (Å²) in [4.78, 5) is 48.1. The predicted molar refractivity (Wildman–Crippen MR) is 158 cm³/mol. The number of hydrogen-bond donors (Lipinski definition) is 1. The smallest absolute Gasteiger partial charge is 0.251 e. The van der Waals surface area contributed by atoms with E-state index in [-0.39, 0.29) is 42.0 Å². The van der Waals surface area contributed by atoms with Crippen LogP contribution >= 0.6 is 23.4 Å². The van der Waals surface area contributed by atoms with Crippen molar-refractivity contribution in [1.29, 1.82) is 0 Å². The molecule has 3 fully saturated rings. The topological polar surface area (TPSA) is 81.2 Å². The number of thioether (sulfide) groups is 1. The fourth-order valence-corrected chi connectivity index (χ4v) is 9.10. The number of aliphatic hydroxyl groups is 1. The van der Waals surface area contributed by atoms with E-state index in [2.05, 4.69) is 13.2 Å². The molecule has 3 saturated heterocycles. The lowest BCUT2D eigenvalue weighted by Gasteiger charge is -2.40. The van der Waals surface area contributed by atoms with Crippen molar-refractivity contribution in [2.75, 3.05) is 31.1 Å². The second kappa shape index (κ2) is 12.1. The van der Waals surface area contributed by atoms with Crippen LogP contribution in [-0.4, -0.2) is 80.9 Å². The van der Waals surface area contributed by atoms with Gasteiger partial charge in [0.1, 0.15) is 6.04 Å². The first kappa shape index (κ1) is 29.7. The van der Waals surface area contributed by atoms with E-state index < -0.39 is 28.7 Å². The van der Waals surface area contributed by atoms with Gasteiger partial charge in [0.05, 0.1) is 29.2 Å². The van der Waals surface area contributed by atoms with Crippen molar-refractivity contribution in [1.82, 2.24) is 9.80 Å². The molecule has 212 valence electrons. The molecule has 2 unspecified atom stereocenters. The van der Waals surface area contributed by atoms with Crippen molar-refractivity contribution < 1.29 is 19.5 Å². The molecule has 39 heavy (non-hydrogen) atoms. The maximum absolute atomic E-state index is 14.6. The third kappa shape index (κ3) is 5.04. The van der Waals surface area contributed by atoms with Gasteiger partial charge >= 0.3 is 0 Å². The Morgan fingerprint density at radius 2 is 1.87 bits per heavy atom. The van der Waals surface area contributed by atoms with Gasteiger partial charge in [-0.1, -0.05) is 44.5 Å². The van der Waals surface area contributed by atoms with Gasteiger partial charge in [0.25, 0.3) is 5.91 Å². The molecule has 3 aliphatic heterocycles. The summed E-state index contributed by atoms with van der Waals surface area (Å²) in [5.74, 6) is -1.65. The molecule has 4 rings (SSSR count). The van der Waals surface area contributed by atoms with Crippen LogP contribution in [0.2, 0.25) is 5.02 Å². The zero-order valence-corrected chi connectivity index (χ0v) is 24.7. The Bertz CT molecular complexity index is 1110. The number of fused-ring (bicyclic) bond motifs is 1. The molecule has 0 aliphatic carbocycles. The molecule has 3 heterocycles. The fraction of sp³-hybridized carbons (Fsp3) is 0.567. The van der Waals surface area contributed by atoms with Crippen LogP contribution < -0.4 is 4.90 Å². The summed E-state index contributed by atoms with van der Waals surface area (Å²) in [6.45, 7) is 14.6. The number of likely N-dealkylation sites (tertiary alicyclic amines) is 1. The van der Waals surface area contributed by atoms with Crippen molar-refractivity contribution in [3.05, 3.63) is 54.6 Å². The first-order valence-corrected chi connectivity index (χ1v) is 15.1. The summed E-state index contributed by atoms with van der Waals surface area (Å²) in [6.07, 6.45) is 5.63. The molecule has 3 amide bonds. The lowest BCUT2D eigenvalue weighted by Crippen LogP contribution is -2.58. The van der Waals surface area contributed by atoms with Crippen LogP contribution in [-0.2, 0) is 14.4 Å². The van der Waals surface area contributed by atoms with Crippen LogP contribution in [0.3, 0.4) is 0 Å². The summed E-state index contributed by atoms with van der Waals surface area (Å²) in [5.41, 5.74) is 0.659. The molecular weight excluding hydrogens is 534 g/mol. The van der Waals surface area contributed by atoms with Crippen LogP contribution in [0, 0.1) is 17.8 Å². The number of aliphatic hydroxyl groups excluding tert-OH is 1. The van der Waals surface area contributed by atoms with E-state index in [9.17, 15) is 19.5 Å². The summed E-state index contributed by atoms with van der Waals surface area (Å²) < 4.78 is -0.737. The number of carbonyl (C=O) groups excluding carboxylic acids is 3. The van der Waals surface area contributed by atoms with E-state index in [4.69, 9.17) is 11.6 Å². The van der Waals surface area contributed by atoms with Crippen LogP contribution in [0.25, 0.3) is 0 Å². The molecule has 2 bridgehead atoms. The van der Waals surface area contributed by atoms with Crippen molar-refractivity contribution in [2.45, 2.75) is 62.1 Å². The molecule has 1 aromatic rings. The van der Waals surface area contributed by atoms with Crippen LogP contribution in [0.4, 0.5) is 5.69 Å². The highest BCUT2D eigenvalue weighted by Gasteiger charge is 2.74. The van der Waals surface area contributed by atoms with E-state index in [1.165, 1.54) is 0 Å². The first-order chi connectivity index (χ1) is 18.7. The highest BCUT2D eigenvalue weighted by atomic mass is 35.5. The summed E-state index contributed by atoms with van der Waals surface area (Å²) in [5, 5.41) is 11.0. The van der Waals surface area contributed by atoms with Gasteiger partial charge < -0.3 is 19.8 Å². The zero-order chi connectivity index (χ0) is 28.5. The predicted octanol–water partition coefficient (Wildman–Crippen LogP) is 4.39. The first-order valence-electron chi connectivity index (χ1n) is 13.8. The second-order valence-electron chi connectivity index (χ2n) is 11.1. The van der Waals surface area contributed by atoms with Crippen molar-refractivity contribution in [3.8, 4) is 0 Å². The van der Waals surface area contributed by atoms with Crippen molar-refractivity contribution in [2.24, 2.45) is 17.8 Å². The Balaban J connectivity index is 1.82. The Morgan fingerprint density at radius 3 is 2.44 bits per heavy atom. The summed E-state index contributed by atoms with van der Waals surface area (Å²) in [6, 6.07) is 5.69. The molecule has 7 nitrogen and oxygen atoms in total. The maximum Gasteiger partial charge on any atom is 0.251 e. The molecular formula is C30H40ClN3O4S. The molecule has 0 aromatic heterocycles. The number of rotatable bonds is 12.